The van der Waals surface area contributed by atoms with Gasteiger partial charge in [-0.25, -0.2) is 4.98 Å². The molecule has 2 heterocycles. The zero-order valence-corrected chi connectivity index (χ0v) is 12.4. The number of thiazole rings is 1. The second kappa shape index (κ2) is 5.40. The van der Waals surface area contributed by atoms with E-state index in [0.29, 0.717) is 6.04 Å². The molecule has 0 saturated heterocycles. The monoisotopic (exact) mass is 316 g/mol. The molecule has 1 N–H and O–H groups in total. The number of likely N-dealkylation sites (N-methyl/N-ethyl adjacent to an activating group) is 1. The van der Waals surface area contributed by atoms with Crippen molar-refractivity contribution < 1.29 is 0 Å². The molecule has 0 radical (unpaired) electrons. The van der Waals surface area contributed by atoms with Crippen molar-refractivity contribution >= 4 is 38.6 Å². The molecule has 1 unspecified atom stereocenters. The molecule has 2 rings (SSSR count). The summed E-state index contributed by atoms with van der Waals surface area (Å²) in [5.41, 5.74) is 1.30. The third-order valence-corrected chi connectivity index (χ3v) is 5.48. The van der Waals surface area contributed by atoms with Gasteiger partial charge in [0.05, 0.1) is 8.79 Å². The summed E-state index contributed by atoms with van der Waals surface area (Å²) in [6.45, 7) is 2.13. The summed E-state index contributed by atoms with van der Waals surface area (Å²) in [4.78, 5) is 5.69. The van der Waals surface area contributed by atoms with Crippen LogP contribution in [-0.2, 0) is 6.42 Å². The summed E-state index contributed by atoms with van der Waals surface area (Å²) in [5, 5.41) is 6.56. The standard InChI is InChI=1S/C11H13BrN2S2/c1-7-5-9(16-11(7)12)8(13-2)6-10-14-3-4-15-10/h3-5,8,13H,6H2,1-2H3. The van der Waals surface area contributed by atoms with Crippen LogP contribution < -0.4 is 5.32 Å². The van der Waals surface area contributed by atoms with Crippen LogP contribution in [-0.4, -0.2) is 12.0 Å². The van der Waals surface area contributed by atoms with Gasteiger partial charge in [-0.2, -0.15) is 0 Å². The highest BCUT2D eigenvalue weighted by atomic mass is 79.9. The van der Waals surface area contributed by atoms with Gasteiger partial charge in [-0.15, -0.1) is 22.7 Å². The second-order valence-electron chi connectivity index (χ2n) is 3.58. The highest BCUT2D eigenvalue weighted by molar-refractivity contribution is 9.11. The Morgan fingerprint density at radius 3 is 2.88 bits per heavy atom. The zero-order valence-electron chi connectivity index (χ0n) is 9.16. The van der Waals surface area contributed by atoms with Crippen molar-refractivity contribution in [1.82, 2.24) is 10.3 Å². The number of nitrogens with one attached hydrogen (secondary N) is 1. The summed E-state index contributed by atoms with van der Waals surface area (Å²) in [6.07, 6.45) is 2.82. The van der Waals surface area contributed by atoms with Crippen molar-refractivity contribution in [3.05, 3.63) is 36.9 Å². The molecule has 16 heavy (non-hydrogen) atoms. The van der Waals surface area contributed by atoms with E-state index in [1.807, 2.05) is 18.6 Å². The Balaban J connectivity index is 2.16. The molecule has 0 aromatic carbocycles. The van der Waals surface area contributed by atoms with E-state index in [2.05, 4.69) is 39.2 Å². The number of aryl methyl sites for hydroxylation is 1. The Bertz CT molecular complexity index is 431. The van der Waals surface area contributed by atoms with Crippen LogP contribution >= 0.6 is 38.6 Å². The number of rotatable bonds is 4. The minimum atomic E-state index is 0.362. The fourth-order valence-corrected chi connectivity index (χ4v) is 3.87. The summed E-state index contributed by atoms with van der Waals surface area (Å²) in [5.74, 6) is 0. The number of nitrogens with zero attached hydrogens (tertiary/aromatic N) is 1. The molecule has 0 aliphatic heterocycles. The van der Waals surface area contributed by atoms with Crippen molar-refractivity contribution in [3.63, 3.8) is 0 Å². The molecule has 0 spiro atoms. The van der Waals surface area contributed by atoms with Gasteiger partial charge < -0.3 is 5.32 Å². The predicted octanol–water partition coefficient (Wildman–Crippen LogP) is 3.78. The maximum absolute atomic E-state index is 4.33. The first-order valence-electron chi connectivity index (χ1n) is 5.02. The number of thiophene rings is 1. The molecular formula is C11H13BrN2S2. The first-order chi connectivity index (χ1) is 7.70. The number of aromatic nitrogens is 1. The molecule has 0 saturated carbocycles. The lowest BCUT2D eigenvalue weighted by atomic mass is 10.1. The van der Waals surface area contributed by atoms with Gasteiger partial charge in [0.2, 0.25) is 0 Å². The van der Waals surface area contributed by atoms with Crippen LogP contribution in [0, 0.1) is 6.92 Å². The van der Waals surface area contributed by atoms with Crippen molar-refractivity contribution in [2.24, 2.45) is 0 Å². The van der Waals surface area contributed by atoms with E-state index < -0.39 is 0 Å². The van der Waals surface area contributed by atoms with E-state index in [1.54, 1.807) is 22.7 Å². The van der Waals surface area contributed by atoms with Crippen LogP contribution in [0.25, 0.3) is 0 Å². The van der Waals surface area contributed by atoms with Gasteiger partial charge in [0.15, 0.2) is 0 Å². The third-order valence-electron chi connectivity index (χ3n) is 2.43. The highest BCUT2D eigenvalue weighted by Gasteiger charge is 2.15. The Morgan fingerprint density at radius 2 is 2.38 bits per heavy atom. The van der Waals surface area contributed by atoms with E-state index in [1.165, 1.54) is 19.2 Å². The van der Waals surface area contributed by atoms with Gasteiger partial charge in [-0.05, 0) is 41.5 Å². The van der Waals surface area contributed by atoms with Crippen LogP contribution in [0.4, 0.5) is 0 Å². The van der Waals surface area contributed by atoms with E-state index in [9.17, 15) is 0 Å². The lowest BCUT2D eigenvalue weighted by Crippen LogP contribution is -2.17. The summed E-state index contributed by atoms with van der Waals surface area (Å²) >= 11 is 7.08. The molecule has 0 bridgehead atoms. The van der Waals surface area contributed by atoms with E-state index >= 15 is 0 Å². The summed E-state index contributed by atoms with van der Waals surface area (Å²) in [7, 11) is 2.00. The molecule has 1 atom stereocenters. The van der Waals surface area contributed by atoms with Gasteiger partial charge in [-0.1, -0.05) is 0 Å². The molecule has 0 aliphatic carbocycles. The fraction of sp³-hybridized carbons (Fsp3) is 0.364. The molecule has 0 amide bonds. The summed E-state index contributed by atoms with van der Waals surface area (Å²) in [6, 6.07) is 2.60. The van der Waals surface area contributed by atoms with Crippen LogP contribution in [0.3, 0.4) is 0 Å². The van der Waals surface area contributed by atoms with Crippen molar-refractivity contribution in [3.8, 4) is 0 Å². The van der Waals surface area contributed by atoms with E-state index in [0.717, 1.165) is 6.42 Å². The zero-order chi connectivity index (χ0) is 11.5. The topological polar surface area (TPSA) is 24.9 Å². The van der Waals surface area contributed by atoms with Crippen LogP contribution in [0.2, 0.25) is 0 Å². The van der Waals surface area contributed by atoms with Crippen LogP contribution in [0.1, 0.15) is 21.5 Å². The third kappa shape index (κ3) is 2.71. The average Bonchev–Trinajstić information content (AvgIpc) is 2.86. The molecular weight excluding hydrogens is 304 g/mol. The van der Waals surface area contributed by atoms with Crippen molar-refractivity contribution in [1.29, 1.82) is 0 Å². The van der Waals surface area contributed by atoms with Gasteiger partial charge in [0.25, 0.3) is 0 Å². The first kappa shape index (κ1) is 12.2. The van der Waals surface area contributed by atoms with Gasteiger partial charge in [0.1, 0.15) is 0 Å². The normalized spacial score (nSPS) is 12.9. The van der Waals surface area contributed by atoms with Crippen LogP contribution in [0.5, 0.6) is 0 Å². The molecule has 86 valence electrons. The Morgan fingerprint density at radius 1 is 1.56 bits per heavy atom. The molecule has 5 heteroatoms. The van der Waals surface area contributed by atoms with Crippen molar-refractivity contribution in [2.75, 3.05) is 7.05 Å². The Kier molecular flexibility index (Phi) is 4.13. The van der Waals surface area contributed by atoms with Gasteiger partial charge in [0, 0.05) is 28.9 Å². The smallest absolute Gasteiger partial charge is 0.0944 e. The first-order valence-corrected chi connectivity index (χ1v) is 7.51. The lowest BCUT2D eigenvalue weighted by Gasteiger charge is -2.12. The molecule has 0 fully saturated rings. The second-order valence-corrected chi connectivity index (χ2v) is 6.96. The maximum Gasteiger partial charge on any atom is 0.0944 e. The average molecular weight is 317 g/mol. The molecule has 2 aromatic rings. The van der Waals surface area contributed by atoms with E-state index in [4.69, 9.17) is 0 Å². The minimum Gasteiger partial charge on any atom is -0.312 e. The molecule has 2 nitrogen and oxygen atoms in total. The summed E-state index contributed by atoms with van der Waals surface area (Å²) < 4.78 is 1.22. The van der Waals surface area contributed by atoms with Crippen molar-refractivity contribution in [2.45, 2.75) is 19.4 Å². The molecule has 2 aromatic heterocycles. The maximum atomic E-state index is 4.33. The largest absolute Gasteiger partial charge is 0.312 e. The quantitative estimate of drug-likeness (QED) is 0.928. The number of hydrogen-bond donors (Lipinski definition) is 1. The Hall–Kier alpha value is -0.230. The molecule has 0 aliphatic rings. The van der Waals surface area contributed by atoms with Gasteiger partial charge >= 0.3 is 0 Å². The SMILES string of the molecule is CNC(Cc1nccs1)c1cc(C)c(Br)s1. The number of halogens is 1. The van der Waals surface area contributed by atoms with Gasteiger partial charge in [-0.3, -0.25) is 0 Å². The fourth-order valence-electron chi connectivity index (χ4n) is 1.53. The van der Waals surface area contributed by atoms with E-state index in [-0.39, 0.29) is 0 Å². The highest BCUT2D eigenvalue weighted by Crippen LogP contribution is 2.32. The number of hydrogen-bond acceptors (Lipinski definition) is 4. The predicted molar refractivity (Wildman–Crippen MR) is 74.4 cm³/mol. The minimum absolute atomic E-state index is 0.362. The van der Waals surface area contributed by atoms with Crippen LogP contribution in [0.15, 0.2) is 21.4 Å². The lowest BCUT2D eigenvalue weighted by molar-refractivity contribution is 0.600. The Labute approximate surface area is 112 Å².